The SMILES string of the molecule is CCc1cccc(CC)c1NC(=O)CN(C(C)=O)c1ccccc1. The Labute approximate surface area is 143 Å². The van der Waals surface area contributed by atoms with E-state index in [2.05, 4.69) is 19.2 Å². The van der Waals surface area contributed by atoms with E-state index in [0.29, 0.717) is 0 Å². The summed E-state index contributed by atoms with van der Waals surface area (Å²) in [6.45, 7) is 5.60. The molecule has 2 rings (SSSR count). The number of hydrogen-bond acceptors (Lipinski definition) is 2. The van der Waals surface area contributed by atoms with Crippen LogP contribution in [0.1, 0.15) is 31.9 Å². The zero-order valence-electron chi connectivity index (χ0n) is 14.5. The van der Waals surface area contributed by atoms with E-state index in [4.69, 9.17) is 0 Å². The lowest BCUT2D eigenvalue weighted by atomic mass is 10.0. The Morgan fingerprint density at radius 2 is 1.50 bits per heavy atom. The highest BCUT2D eigenvalue weighted by atomic mass is 16.2. The summed E-state index contributed by atoms with van der Waals surface area (Å²) >= 11 is 0. The Hall–Kier alpha value is -2.62. The van der Waals surface area contributed by atoms with E-state index < -0.39 is 0 Å². The van der Waals surface area contributed by atoms with Gasteiger partial charge in [-0.1, -0.05) is 50.2 Å². The highest BCUT2D eigenvalue weighted by Crippen LogP contribution is 2.23. The van der Waals surface area contributed by atoms with E-state index in [1.165, 1.54) is 11.8 Å². The molecule has 0 aliphatic carbocycles. The second-order valence-electron chi connectivity index (χ2n) is 5.65. The summed E-state index contributed by atoms with van der Waals surface area (Å²) in [4.78, 5) is 25.9. The van der Waals surface area contributed by atoms with Crippen molar-refractivity contribution in [2.45, 2.75) is 33.6 Å². The fraction of sp³-hybridized carbons (Fsp3) is 0.300. The first-order chi connectivity index (χ1) is 11.6. The number of anilines is 2. The molecule has 2 amide bonds. The Morgan fingerprint density at radius 3 is 2.00 bits per heavy atom. The van der Waals surface area contributed by atoms with E-state index >= 15 is 0 Å². The van der Waals surface area contributed by atoms with E-state index in [0.717, 1.165) is 35.3 Å². The molecule has 0 aliphatic heterocycles. The molecule has 0 atom stereocenters. The second-order valence-corrected chi connectivity index (χ2v) is 5.65. The third kappa shape index (κ3) is 4.22. The van der Waals surface area contributed by atoms with Crippen molar-refractivity contribution in [3.63, 3.8) is 0 Å². The van der Waals surface area contributed by atoms with Gasteiger partial charge in [-0.05, 0) is 36.1 Å². The zero-order valence-corrected chi connectivity index (χ0v) is 14.5. The van der Waals surface area contributed by atoms with Gasteiger partial charge in [0.25, 0.3) is 0 Å². The predicted molar refractivity (Wildman–Crippen MR) is 98.3 cm³/mol. The van der Waals surface area contributed by atoms with Crippen molar-refractivity contribution in [3.8, 4) is 0 Å². The van der Waals surface area contributed by atoms with Gasteiger partial charge in [-0.15, -0.1) is 0 Å². The third-order valence-corrected chi connectivity index (χ3v) is 4.01. The molecule has 1 N–H and O–H groups in total. The number of benzene rings is 2. The second kappa shape index (κ2) is 8.29. The number of carbonyl (C=O) groups excluding carboxylic acids is 2. The van der Waals surface area contributed by atoms with Gasteiger partial charge in [-0.3, -0.25) is 9.59 Å². The summed E-state index contributed by atoms with van der Waals surface area (Å²) in [5.74, 6) is -0.347. The molecule has 0 saturated heterocycles. The number of nitrogens with zero attached hydrogens (tertiary/aromatic N) is 1. The van der Waals surface area contributed by atoms with Crippen LogP contribution in [0.3, 0.4) is 0 Å². The Morgan fingerprint density at radius 1 is 0.917 bits per heavy atom. The van der Waals surface area contributed by atoms with Crippen LogP contribution < -0.4 is 10.2 Å². The third-order valence-electron chi connectivity index (χ3n) is 4.01. The molecule has 0 aromatic heterocycles. The molecular weight excluding hydrogens is 300 g/mol. The first-order valence-corrected chi connectivity index (χ1v) is 8.30. The van der Waals surface area contributed by atoms with Crippen molar-refractivity contribution in [1.29, 1.82) is 0 Å². The van der Waals surface area contributed by atoms with E-state index in [1.54, 1.807) is 0 Å². The maximum atomic E-state index is 12.5. The minimum Gasteiger partial charge on any atom is -0.324 e. The van der Waals surface area contributed by atoms with Crippen molar-refractivity contribution in [1.82, 2.24) is 0 Å². The molecule has 126 valence electrons. The molecule has 2 aromatic carbocycles. The molecule has 0 heterocycles. The van der Waals surface area contributed by atoms with E-state index in [1.807, 2.05) is 48.5 Å². The maximum Gasteiger partial charge on any atom is 0.244 e. The van der Waals surface area contributed by atoms with Crippen molar-refractivity contribution in [2.75, 3.05) is 16.8 Å². The molecular formula is C20H24N2O2. The summed E-state index contributed by atoms with van der Waals surface area (Å²) in [6.07, 6.45) is 1.69. The van der Waals surface area contributed by atoms with Crippen LogP contribution in [0.2, 0.25) is 0 Å². The van der Waals surface area contributed by atoms with Crippen LogP contribution >= 0.6 is 0 Å². The number of rotatable bonds is 6. The van der Waals surface area contributed by atoms with Crippen LogP contribution in [0.15, 0.2) is 48.5 Å². The maximum absolute atomic E-state index is 12.5. The van der Waals surface area contributed by atoms with Crippen LogP contribution in [-0.2, 0) is 22.4 Å². The number of para-hydroxylation sites is 2. The molecule has 0 fully saturated rings. The van der Waals surface area contributed by atoms with Crippen LogP contribution in [0, 0.1) is 0 Å². The van der Waals surface area contributed by atoms with Crippen molar-refractivity contribution < 1.29 is 9.59 Å². The quantitative estimate of drug-likeness (QED) is 0.878. The van der Waals surface area contributed by atoms with Gasteiger partial charge in [-0.2, -0.15) is 0 Å². The molecule has 2 aromatic rings. The van der Waals surface area contributed by atoms with E-state index in [9.17, 15) is 9.59 Å². The Balaban J connectivity index is 2.19. The molecule has 0 saturated carbocycles. The number of carbonyl (C=O) groups is 2. The molecule has 4 heteroatoms. The molecule has 4 nitrogen and oxygen atoms in total. The van der Waals surface area contributed by atoms with Crippen LogP contribution in [0.25, 0.3) is 0 Å². The lowest BCUT2D eigenvalue weighted by Gasteiger charge is -2.22. The van der Waals surface area contributed by atoms with Crippen molar-refractivity contribution in [3.05, 3.63) is 59.7 Å². The highest BCUT2D eigenvalue weighted by Gasteiger charge is 2.17. The standard InChI is InChI=1S/C20H24N2O2/c1-4-16-10-9-11-17(5-2)20(16)21-19(24)14-22(15(3)23)18-12-7-6-8-13-18/h6-13H,4-5,14H2,1-3H3,(H,21,24). The summed E-state index contributed by atoms with van der Waals surface area (Å²) in [7, 11) is 0. The minimum atomic E-state index is -0.190. The van der Waals surface area contributed by atoms with Crippen LogP contribution in [-0.4, -0.2) is 18.4 Å². The Kier molecular flexibility index (Phi) is 6.13. The monoisotopic (exact) mass is 324 g/mol. The van der Waals surface area contributed by atoms with Crippen molar-refractivity contribution >= 4 is 23.2 Å². The number of hydrogen-bond donors (Lipinski definition) is 1. The first-order valence-electron chi connectivity index (χ1n) is 8.30. The molecule has 0 unspecified atom stereocenters. The lowest BCUT2D eigenvalue weighted by Crippen LogP contribution is -2.36. The average molecular weight is 324 g/mol. The summed E-state index contributed by atoms with van der Waals surface area (Å²) < 4.78 is 0. The summed E-state index contributed by atoms with van der Waals surface area (Å²) in [5.41, 5.74) is 3.82. The predicted octanol–water partition coefficient (Wildman–Crippen LogP) is 3.80. The Bertz CT molecular complexity index is 689. The fourth-order valence-electron chi connectivity index (χ4n) is 2.72. The van der Waals surface area contributed by atoms with Crippen LogP contribution in [0.5, 0.6) is 0 Å². The first kappa shape index (κ1) is 17.7. The minimum absolute atomic E-state index is 0.000545. The zero-order chi connectivity index (χ0) is 17.5. The smallest absolute Gasteiger partial charge is 0.244 e. The lowest BCUT2D eigenvalue weighted by molar-refractivity contribution is -0.120. The van der Waals surface area contributed by atoms with Gasteiger partial charge < -0.3 is 10.2 Å². The van der Waals surface area contributed by atoms with Gasteiger partial charge >= 0.3 is 0 Å². The number of aryl methyl sites for hydroxylation is 2. The van der Waals surface area contributed by atoms with Gasteiger partial charge in [-0.25, -0.2) is 0 Å². The normalized spacial score (nSPS) is 10.3. The molecule has 24 heavy (non-hydrogen) atoms. The molecule has 0 bridgehead atoms. The number of nitrogens with one attached hydrogen (secondary N) is 1. The average Bonchev–Trinajstić information content (AvgIpc) is 2.60. The van der Waals surface area contributed by atoms with Gasteiger partial charge in [0.15, 0.2) is 0 Å². The largest absolute Gasteiger partial charge is 0.324 e. The number of amides is 2. The highest BCUT2D eigenvalue weighted by molar-refractivity contribution is 6.02. The van der Waals surface area contributed by atoms with Gasteiger partial charge in [0.2, 0.25) is 11.8 Å². The topological polar surface area (TPSA) is 49.4 Å². The van der Waals surface area contributed by atoms with Gasteiger partial charge in [0.05, 0.1) is 0 Å². The summed E-state index contributed by atoms with van der Waals surface area (Å²) in [5, 5.41) is 3.00. The van der Waals surface area contributed by atoms with Crippen LogP contribution in [0.4, 0.5) is 11.4 Å². The molecule has 0 radical (unpaired) electrons. The molecule has 0 spiro atoms. The summed E-state index contributed by atoms with van der Waals surface area (Å²) in [6, 6.07) is 15.3. The molecule has 0 aliphatic rings. The fourth-order valence-corrected chi connectivity index (χ4v) is 2.72. The van der Waals surface area contributed by atoms with Gasteiger partial charge in [0, 0.05) is 18.3 Å². The van der Waals surface area contributed by atoms with Crippen molar-refractivity contribution in [2.24, 2.45) is 0 Å². The van der Waals surface area contributed by atoms with E-state index in [-0.39, 0.29) is 18.4 Å². The van der Waals surface area contributed by atoms with Gasteiger partial charge in [0.1, 0.15) is 6.54 Å².